The molecule has 0 fully saturated rings. The number of rotatable bonds is 10. The maximum atomic E-state index is 13.9. The van der Waals surface area contributed by atoms with E-state index in [0.29, 0.717) is 5.02 Å². The Bertz CT molecular complexity index is 1360. The summed E-state index contributed by atoms with van der Waals surface area (Å²) >= 11 is 6.26. The second-order valence-electron chi connectivity index (χ2n) is 9.03. The van der Waals surface area contributed by atoms with Gasteiger partial charge in [-0.15, -0.1) is 0 Å². The molecule has 3 aromatic carbocycles. The van der Waals surface area contributed by atoms with E-state index in [2.05, 4.69) is 5.32 Å². The molecule has 0 saturated carbocycles. The predicted octanol–water partition coefficient (Wildman–Crippen LogP) is 4.11. The molecule has 0 aliphatic heterocycles. The van der Waals surface area contributed by atoms with Crippen LogP contribution in [0.15, 0.2) is 72.8 Å². The summed E-state index contributed by atoms with van der Waals surface area (Å²) in [5, 5.41) is 3.06. The van der Waals surface area contributed by atoms with Crippen LogP contribution in [0, 0.1) is 13.8 Å². The lowest BCUT2D eigenvalue weighted by molar-refractivity contribution is -0.139. The first-order valence-corrected chi connectivity index (χ1v) is 14.1. The number of likely N-dealkylation sites (N-methyl/N-ethyl adjacent to an activating group) is 1. The Morgan fingerprint density at radius 1 is 0.946 bits per heavy atom. The van der Waals surface area contributed by atoms with Crippen LogP contribution in [0.1, 0.15) is 22.3 Å². The van der Waals surface area contributed by atoms with Crippen molar-refractivity contribution in [1.29, 1.82) is 0 Å². The van der Waals surface area contributed by atoms with Crippen LogP contribution in [0.3, 0.4) is 0 Å². The van der Waals surface area contributed by atoms with Gasteiger partial charge in [-0.2, -0.15) is 0 Å². The molecule has 2 amide bonds. The standard InChI is InChI=1S/C28H32ClN3O4S/c1-20-9-8-12-23(15-20)18-31(26(28(34)30-3)16-22-10-6-5-7-11-22)27(33)19-32(37(4,35)36)24-14-13-21(2)25(29)17-24/h5-15,17,26H,16,18-19H2,1-4H3,(H,30,34)/t26-/m1/s1. The number of aryl methyl sites for hydroxylation is 2. The number of hydrogen-bond donors (Lipinski definition) is 1. The Hall–Kier alpha value is -3.36. The average Bonchev–Trinajstić information content (AvgIpc) is 2.86. The van der Waals surface area contributed by atoms with Gasteiger partial charge in [-0.3, -0.25) is 13.9 Å². The number of nitrogens with one attached hydrogen (secondary N) is 1. The van der Waals surface area contributed by atoms with Gasteiger partial charge in [-0.25, -0.2) is 8.42 Å². The number of carbonyl (C=O) groups excluding carboxylic acids is 2. The summed E-state index contributed by atoms with van der Waals surface area (Å²) in [6.07, 6.45) is 1.31. The third-order valence-corrected chi connectivity index (χ3v) is 7.62. The number of anilines is 1. The zero-order valence-electron chi connectivity index (χ0n) is 21.4. The summed E-state index contributed by atoms with van der Waals surface area (Å²) in [6.45, 7) is 3.41. The zero-order valence-corrected chi connectivity index (χ0v) is 23.0. The second-order valence-corrected chi connectivity index (χ2v) is 11.3. The molecule has 1 atom stereocenters. The second kappa shape index (κ2) is 12.3. The Labute approximate surface area is 224 Å². The van der Waals surface area contributed by atoms with Crippen LogP contribution in [0.4, 0.5) is 5.69 Å². The minimum atomic E-state index is -3.84. The van der Waals surface area contributed by atoms with Gasteiger partial charge >= 0.3 is 0 Å². The van der Waals surface area contributed by atoms with Crippen molar-refractivity contribution in [3.05, 3.63) is 100 Å². The molecule has 0 aromatic heterocycles. The third kappa shape index (κ3) is 7.57. The van der Waals surface area contributed by atoms with Gasteiger partial charge in [0.2, 0.25) is 21.8 Å². The van der Waals surface area contributed by atoms with E-state index in [1.807, 2.05) is 68.4 Å². The molecule has 0 aliphatic rings. The summed E-state index contributed by atoms with van der Waals surface area (Å²) in [7, 11) is -2.32. The highest BCUT2D eigenvalue weighted by Crippen LogP contribution is 2.25. The highest BCUT2D eigenvalue weighted by Gasteiger charge is 2.32. The molecule has 3 aromatic rings. The normalized spacial score (nSPS) is 12.0. The highest BCUT2D eigenvalue weighted by molar-refractivity contribution is 7.92. The van der Waals surface area contributed by atoms with Crippen molar-refractivity contribution in [2.45, 2.75) is 32.9 Å². The van der Waals surface area contributed by atoms with Crippen molar-refractivity contribution in [2.75, 3.05) is 24.2 Å². The summed E-state index contributed by atoms with van der Waals surface area (Å²) in [4.78, 5) is 28.4. The summed E-state index contributed by atoms with van der Waals surface area (Å²) in [6, 6.07) is 21.0. The molecule has 196 valence electrons. The average molecular weight is 542 g/mol. The summed E-state index contributed by atoms with van der Waals surface area (Å²) < 4.78 is 26.6. The number of nitrogens with zero attached hydrogens (tertiary/aromatic N) is 2. The quantitative estimate of drug-likeness (QED) is 0.418. The molecule has 0 unspecified atom stereocenters. The van der Waals surface area contributed by atoms with E-state index in [4.69, 9.17) is 11.6 Å². The summed E-state index contributed by atoms with van der Waals surface area (Å²) in [5.74, 6) is -0.845. The first-order chi connectivity index (χ1) is 17.5. The van der Waals surface area contributed by atoms with Crippen LogP contribution >= 0.6 is 11.6 Å². The molecule has 0 heterocycles. The van der Waals surface area contributed by atoms with Gasteiger partial charge in [0.25, 0.3) is 0 Å². The lowest BCUT2D eigenvalue weighted by Crippen LogP contribution is -2.52. The molecule has 9 heteroatoms. The number of hydrogen-bond acceptors (Lipinski definition) is 4. The topological polar surface area (TPSA) is 86.8 Å². The van der Waals surface area contributed by atoms with Crippen LogP contribution in [0.25, 0.3) is 0 Å². The van der Waals surface area contributed by atoms with E-state index in [1.54, 1.807) is 12.1 Å². The van der Waals surface area contributed by atoms with Gasteiger partial charge in [0, 0.05) is 25.0 Å². The number of amides is 2. The van der Waals surface area contributed by atoms with E-state index in [0.717, 1.165) is 32.8 Å². The first kappa shape index (κ1) is 28.2. The molecule has 0 saturated heterocycles. The fourth-order valence-corrected chi connectivity index (χ4v) is 5.09. The minimum absolute atomic E-state index is 0.137. The number of sulfonamides is 1. The molecular weight excluding hydrogens is 510 g/mol. The van der Waals surface area contributed by atoms with Crippen molar-refractivity contribution in [2.24, 2.45) is 0 Å². The summed E-state index contributed by atoms with van der Waals surface area (Å²) in [5.41, 5.74) is 3.79. The SMILES string of the molecule is CNC(=O)[C@@H](Cc1ccccc1)N(Cc1cccc(C)c1)C(=O)CN(c1ccc(C)c(Cl)c1)S(C)(=O)=O. The van der Waals surface area contributed by atoms with E-state index >= 15 is 0 Å². The highest BCUT2D eigenvalue weighted by atomic mass is 35.5. The van der Waals surface area contributed by atoms with Crippen molar-refractivity contribution >= 4 is 39.1 Å². The van der Waals surface area contributed by atoms with Gasteiger partial charge in [-0.1, -0.05) is 77.8 Å². The lowest BCUT2D eigenvalue weighted by atomic mass is 10.0. The van der Waals surface area contributed by atoms with Gasteiger partial charge in [0.1, 0.15) is 12.6 Å². The fraction of sp³-hybridized carbons (Fsp3) is 0.286. The Morgan fingerprint density at radius 2 is 1.62 bits per heavy atom. The smallest absolute Gasteiger partial charge is 0.244 e. The fourth-order valence-electron chi connectivity index (χ4n) is 4.08. The maximum Gasteiger partial charge on any atom is 0.244 e. The molecule has 7 nitrogen and oxygen atoms in total. The molecule has 3 rings (SSSR count). The van der Waals surface area contributed by atoms with Crippen molar-refractivity contribution in [1.82, 2.24) is 10.2 Å². The maximum absolute atomic E-state index is 13.9. The van der Waals surface area contributed by atoms with Crippen molar-refractivity contribution in [3.63, 3.8) is 0 Å². The predicted molar refractivity (Wildman–Crippen MR) is 148 cm³/mol. The third-order valence-electron chi connectivity index (χ3n) is 6.08. The Balaban J connectivity index is 2.04. The molecule has 0 aliphatic carbocycles. The minimum Gasteiger partial charge on any atom is -0.357 e. The van der Waals surface area contributed by atoms with Crippen molar-refractivity contribution < 1.29 is 18.0 Å². The number of carbonyl (C=O) groups is 2. The largest absolute Gasteiger partial charge is 0.357 e. The van der Waals surface area contributed by atoms with Crippen LogP contribution in [-0.4, -0.2) is 51.0 Å². The number of halogens is 1. The van der Waals surface area contributed by atoms with Crippen LogP contribution < -0.4 is 9.62 Å². The molecule has 0 bridgehead atoms. The van der Waals surface area contributed by atoms with Crippen LogP contribution in [0.2, 0.25) is 5.02 Å². The zero-order chi connectivity index (χ0) is 27.2. The Kier molecular flexibility index (Phi) is 9.34. The van der Waals surface area contributed by atoms with Gasteiger partial charge in [0.05, 0.1) is 11.9 Å². The van der Waals surface area contributed by atoms with E-state index in [9.17, 15) is 18.0 Å². The van der Waals surface area contributed by atoms with Gasteiger partial charge in [0.15, 0.2) is 0 Å². The lowest BCUT2D eigenvalue weighted by Gasteiger charge is -2.33. The van der Waals surface area contributed by atoms with Gasteiger partial charge in [-0.05, 0) is 42.7 Å². The molecule has 0 spiro atoms. The van der Waals surface area contributed by atoms with E-state index < -0.39 is 28.5 Å². The molecule has 37 heavy (non-hydrogen) atoms. The van der Waals surface area contributed by atoms with Gasteiger partial charge < -0.3 is 10.2 Å². The Morgan fingerprint density at radius 3 is 2.22 bits per heavy atom. The monoisotopic (exact) mass is 541 g/mol. The van der Waals surface area contributed by atoms with E-state index in [-0.39, 0.29) is 24.6 Å². The molecule has 0 radical (unpaired) electrons. The van der Waals surface area contributed by atoms with Crippen LogP contribution in [0.5, 0.6) is 0 Å². The molecule has 1 N–H and O–H groups in total. The van der Waals surface area contributed by atoms with Crippen molar-refractivity contribution in [3.8, 4) is 0 Å². The first-order valence-electron chi connectivity index (χ1n) is 11.8. The van der Waals surface area contributed by atoms with E-state index in [1.165, 1.54) is 18.0 Å². The number of benzene rings is 3. The van der Waals surface area contributed by atoms with Crippen LogP contribution in [-0.2, 0) is 32.6 Å². The molecular formula is C28H32ClN3O4S.